The second-order valence-electron chi connectivity index (χ2n) is 16.0. The molecule has 0 aromatic rings. The van der Waals surface area contributed by atoms with Crippen LogP contribution in [0.5, 0.6) is 0 Å². The second kappa shape index (κ2) is 18.2. The predicted octanol–water partition coefficient (Wildman–Crippen LogP) is 4.99. The molecule has 10 atom stereocenters. The minimum atomic E-state index is -0.930. The van der Waals surface area contributed by atoms with Gasteiger partial charge in [-0.15, -0.1) is 11.8 Å². The van der Waals surface area contributed by atoms with Crippen molar-refractivity contribution < 1.29 is 33.8 Å². The van der Waals surface area contributed by atoms with Gasteiger partial charge in [0.05, 0.1) is 17.2 Å². The van der Waals surface area contributed by atoms with Crippen LogP contribution < -0.4 is 0 Å². The summed E-state index contributed by atoms with van der Waals surface area (Å²) in [5.74, 6) is -2.36. The van der Waals surface area contributed by atoms with E-state index in [1.807, 2.05) is 54.5 Å². The molecule has 2 aliphatic heterocycles. The van der Waals surface area contributed by atoms with E-state index in [1.165, 1.54) is 21.7 Å². The first-order valence-electron chi connectivity index (χ1n) is 18.1. The van der Waals surface area contributed by atoms with E-state index in [9.17, 15) is 29.1 Å². The van der Waals surface area contributed by atoms with Crippen molar-refractivity contribution in [1.29, 1.82) is 0 Å². The van der Waals surface area contributed by atoms with Crippen LogP contribution in [0.25, 0.3) is 0 Å². The number of hydrogen-bond acceptors (Lipinski definition) is 9. The highest BCUT2D eigenvalue weighted by molar-refractivity contribution is 8.14. The van der Waals surface area contributed by atoms with Crippen LogP contribution in [0.15, 0.2) is 16.6 Å². The fraction of sp³-hybridized carbons (Fsp3) is 0.789. The molecule has 284 valence electrons. The molecule has 0 aromatic carbocycles. The molecule has 12 heteroatoms. The molecule has 0 aromatic heterocycles. The highest BCUT2D eigenvalue weighted by atomic mass is 32.2. The third-order valence-corrected chi connectivity index (χ3v) is 12.0. The fourth-order valence-electron chi connectivity index (χ4n) is 6.42. The average molecular weight is 721 g/mol. The zero-order valence-corrected chi connectivity index (χ0v) is 33.8. The summed E-state index contributed by atoms with van der Waals surface area (Å²) in [6.07, 6.45) is 2.26. The van der Waals surface area contributed by atoms with Crippen LogP contribution in [-0.4, -0.2) is 118 Å². The van der Waals surface area contributed by atoms with E-state index >= 15 is 0 Å². The van der Waals surface area contributed by atoms with Crippen molar-refractivity contribution in [3.63, 3.8) is 0 Å². The summed E-state index contributed by atoms with van der Waals surface area (Å²) in [5.41, 5.74) is 0.116. The van der Waals surface area contributed by atoms with Gasteiger partial charge in [0.2, 0.25) is 17.7 Å². The number of rotatable bonds is 2. The number of likely N-dealkylation sites (N-methyl/N-ethyl adjacent to an activating group) is 3. The van der Waals surface area contributed by atoms with Crippen LogP contribution in [0.3, 0.4) is 0 Å². The number of allylic oxidation sites excluding steroid dienone is 1. The van der Waals surface area contributed by atoms with Crippen molar-refractivity contribution in [3.05, 3.63) is 11.6 Å². The molecule has 0 unspecified atom stereocenters. The molecular weight excluding hydrogens is 657 g/mol. The van der Waals surface area contributed by atoms with Crippen LogP contribution in [0.2, 0.25) is 0 Å². The zero-order chi connectivity index (χ0) is 38.4. The van der Waals surface area contributed by atoms with Gasteiger partial charge in [0.1, 0.15) is 24.2 Å². The number of esters is 1. The Labute approximate surface area is 305 Å². The zero-order valence-electron chi connectivity index (χ0n) is 33.0. The maximum absolute atomic E-state index is 14.1. The van der Waals surface area contributed by atoms with Crippen molar-refractivity contribution in [2.24, 2.45) is 34.1 Å². The van der Waals surface area contributed by atoms with Crippen molar-refractivity contribution in [1.82, 2.24) is 14.7 Å². The number of aliphatic hydroxyl groups excluding tert-OH is 1. The summed E-state index contributed by atoms with van der Waals surface area (Å²) in [6, 6.07) is -2.94. The molecule has 0 aliphatic carbocycles. The smallest absolute Gasteiger partial charge is 0.328 e. The number of carbonyl (C=O) groups is 5. The van der Waals surface area contributed by atoms with Gasteiger partial charge in [0.15, 0.2) is 5.78 Å². The Balaban J connectivity index is 2.53. The SMILES string of the molecule is CC[C@H](C)[C@H]1C(=O)N(C)[C@@H](C)C(=O)O[C@H](C(C)(C)C)C[C@@H](C)C[C@H](O)[C@H](C)C2=N[C@@H](/C=C(\C)C(=O)C[C@@H](C)C(=O)N(C)[C@@H](C)C(=O)N1C)CS2. The Kier molecular flexibility index (Phi) is 15.8. The highest BCUT2D eigenvalue weighted by Crippen LogP contribution is 2.33. The van der Waals surface area contributed by atoms with Gasteiger partial charge >= 0.3 is 5.97 Å². The lowest BCUT2D eigenvalue weighted by Gasteiger charge is -2.39. The third kappa shape index (κ3) is 10.9. The maximum Gasteiger partial charge on any atom is 0.328 e. The Bertz CT molecular complexity index is 1310. The Morgan fingerprint density at radius 3 is 2.06 bits per heavy atom. The highest BCUT2D eigenvalue weighted by Gasteiger charge is 2.40. The van der Waals surface area contributed by atoms with Crippen LogP contribution in [-0.2, 0) is 28.7 Å². The molecule has 2 bridgehead atoms. The summed E-state index contributed by atoms with van der Waals surface area (Å²) >= 11 is 1.58. The van der Waals surface area contributed by atoms with E-state index in [4.69, 9.17) is 9.73 Å². The largest absolute Gasteiger partial charge is 0.460 e. The quantitative estimate of drug-likeness (QED) is 0.394. The van der Waals surface area contributed by atoms with Crippen LogP contribution >= 0.6 is 11.8 Å². The maximum atomic E-state index is 14.1. The number of nitrogens with zero attached hydrogens (tertiary/aromatic N) is 4. The number of amides is 3. The molecular formula is C38H64N4O7S. The van der Waals surface area contributed by atoms with Crippen molar-refractivity contribution >= 4 is 46.3 Å². The summed E-state index contributed by atoms with van der Waals surface area (Å²) in [7, 11) is 4.63. The molecule has 0 radical (unpaired) electrons. The van der Waals surface area contributed by atoms with Gasteiger partial charge in [-0.1, -0.05) is 67.9 Å². The van der Waals surface area contributed by atoms with Gasteiger partial charge in [0, 0.05) is 45.2 Å². The second-order valence-corrected chi connectivity index (χ2v) is 17.0. The lowest BCUT2D eigenvalue weighted by atomic mass is 9.81. The lowest BCUT2D eigenvalue weighted by molar-refractivity contribution is -0.166. The van der Waals surface area contributed by atoms with Gasteiger partial charge in [-0.25, -0.2) is 4.79 Å². The summed E-state index contributed by atoms with van der Waals surface area (Å²) in [4.78, 5) is 77.2. The number of ether oxygens (including phenoxy) is 1. The number of aliphatic imine (C=N–C) groups is 1. The van der Waals surface area contributed by atoms with E-state index in [0.717, 1.165) is 5.04 Å². The molecule has 0 spiro atoms. The van der Waals surface area contributed by atoms with Gasteiger partial charge in [0.25, 0.3) is 0 Å². The van der Waals surface area contributed by atoms with E-state index in [-0.39, 0.29) is 41.9 Å². The van der Waals surface area contributed by atoms with Crippen LogP contribution in [0, 0.1) is 29.1 Å². The number of cyclic esters (lactones) is 1. The Morgan fingerprint density at radius 1 is 0.920 bits per heavy atom. The van der Waals surface area contributed by atoms with Gasteiger partial charge in [-0.3, -0.25) is 24.2 Å². The molecule has 2 aliphatic rings. The predicted molar refractivity (Wildman–Crippen MR) is 200 cm³/mol. The third-order valence-electron chi connectivity index (χ3n) is 10.7. The molecule has 3 amide bonds. The van der Waals surface area contributed by atoms with Gasteiger partial charge in [-0.05, 0) is 56.4 Å². The number of aliphatic hydroxyl groups is 1. The number of carbonyl (C=O) groups excluding carboxylic acids is 5. The molecule has 2 rings (SSSR count). The minimum absolute atomic E-state index is 0.00968. The number of hydrogen-bond donors (Lipinski definition) is 1. The van der Waals surface area contributed by atoms with E-state index in [0.29, 0.717) is 30.6 Å². The standard InChI is InChI=1S/C38H64N4O7S/c1-15-22(3)32-36(47)41(13)27(8)37(48)49-31(38(9,10)11)17-21(2)16-30(44)25(6)33-39-28(20-50-33)18-23(4)29(43)19-24(5)34(45)40(12)26(7)35(46)42(32)14/h18,21-22,24-28,30-32,44H,15-17,19-20H2,1-14H3/b23-18+/t21-,22-,24+,25-,26-,27-,28-,30-,31-,32-/m0/s1. The van der Waals surface area contributed by atoms with E-state index < -0.39 is 59.5 Å². The number of thioether (sulfide) groups is 1. The van der Waals surface area contributed by atoms with Crippen molar-refractivity contribution in [3.8, 4) is 0 Å². The van der Waals surface area contributed by atoms with Crippen LogP contribution in [0.1, 0.15) is 102 Å². The summed E-state index contributed by atoms with van der Waals surface area (Å²) in [6.45, 7) is 20.4. The first kappa shape index (κ1) is 43.4. The molecule has 1 N–H and O–H groups in total. The molecule has 2 heterocycles. The Morgan fingerprint density at radius 2 is 1.50 bits per heavy atom. The first-order chi connectivity index (χ1) is 23.0. The molecule has 0 saturated heterocycles. The average Bonchev–Trinajstić information content (AvgIpc) is 3.52. The van der Waals surface area contributed by atoms with E-state index in [1.54, 1.807) is 53.6 Å². The minimum Gasteiger partial charge on any atom is -0.460 e. The lowest BCUT2D eigenvalue weighted by Crippen LogP contribution is -2.58. The normalized spacial score (nSPS) is 34.4. The van der Waals surface area contributed by atoms with Gasteiger partial charge < -0.3 is 24.5 Å². The van der Waals surface area contributed by atoms with Crippen LogP contribution in [0.4, 0.5) is 0 Å². The fourth-order valence-corrected chi connectivity index (χ4v) is 7.56. The molecule has 0 fully saturated rings. The molecule has 0 saturated carbocycles. The molecule has 50 heavy (non-hydrogen) atoms. The molecule has 11 nitrogen and oxygen atoms in total. The summed E-state index contributed by atoms with van der Waals surface area (Å²) < 4.78 is 6.12. The monoisotopic (exact) mass is 720 g/mol. The topological polar surface area (TPSA) is 137 Å². The number of fused-ring (bicyclic) bond motifs is 1. The first-order valence-corrected chi connectivity index (χ1v) is 19.1. The van der Waals surface area contributed by atoms with Crippen molar-refractivity contribution in [2.45, 2.75) is 138 Å². The number of ketones is 1. The summed E-state index contributed by atoms with van der Waals surface area (Å²) in [5, 5.41) is 12.1. The van der Waals surface area contributed by atoms with Crippen molar-refractivity contribution in [2.75, 3.05) is 26.9 Å². The number of Topliss-reactive ketones (excluding diaryl/α,β-unsaturated/α-hetero) is 1. The van der Waals surface area contributed by atoms with E-state index in [2.05, 4.69) is 0 Å². The Hall–Kier alpha value is -2.73. The van der Waals surface area contributed by atoms with Gasteiger partial charge in [-0.2, -0.15) is 0 Å².